The molecule has 0 saturated carbocycles. The molecular weight excluding hydrogens is 511 g/mol. The van der Waals surface area contributed by atoms with Gasteiger partial charge in [0.15, 0.2) is 15.8 Å². The van der Waals surface area contributed by atoms with Crippen LogP contribution in [0.4, 0.5) is 0 Å². The SMILES string of the molecule is CN=C(NCCS(=O)(=O)C(C)(C)C)NC1CC2CCC(C1)N2Cc1ccccc1.I. The van der Waals surface area contributed by atoms with Gasteiger partial charge < -0.3 is 10.6 Å². The number of rotatable bonds is 6. The molecule has 2 bridgehead atoms. The van der Waals surface area contributed by atoms with Crippen LogP contribution in [0.15, 0.2) is 35.3 Å². The molecule has 8 heteroatoms. The Balaban J connectivity index is 0.00000320. The van der Waals surface area contributed by atoms with Crippen molar-refractivity contribution < 1.29 is 8.42 Å². The molecule has 3 rings (SSSR count). The van der Waals surface area contributed by atoms with Crippen molar-refractivity contribution in [3.8, 4) is 0 Å². The van der Waals surface area contributed by atoms with Crippen molar-refractivity contribution in [1.82, 2.24) is 15.5 Å². The summed E-state index contributed by atoms with van der Waals surface area (Å²) in [5.41, 5.74) is 1.38. The van der Waals surface area contributed by atoms with Gasteiger partial charge in [-0.2, -0.15) is 0 Å². The Kier molecular flexibility index (Phi) is 9.00. The molecule has 2 aliphatic heterocycles. The molecule has 2 saturated heterocycles. The number of nitrogens with one attached hydrogen (secondary N) is 2. The number of aliphatic imine (C=N–C) groups is 1. The first-order valence-electron chi connectivity index (χ1n) is 10.7. The molecular formula is C22H37IN4O2S. The van der Waals surface area contributed by atoms with E-state index in [1.54, 1.807) is 27.8 Å². The average Bonchev–Trinajstić information content (AvgIpc) is 2.89. The van der Waals surface area contributed by atoms with Crippen LogP contribution in [-0.4, -0.2) is 61.5 Å². The van der Waals surface area contributed by atoms with Crippen LogP contribution in [0, 0.1) is 0 Å². The summed E-state index contributed by atoms with van der Waals surface area (Å²) in [6.07, 6.45) is 4.71. The molecule has 0 amide bonds. The fraction of sp³-hybridized carbons (Fsp3) is 0.682. The smallest absolute Gasteiger partial charge is 0.191 e. The standard InChI is InChI=1S/C22H36N4O2S.HI/c1-22(2,3)29(27,28)13-12-24-21(23-4)25-18-14-19-10-11-20(15-18)26(19)16-17-8-6-5-7-9-17;/h5-9,18-20H,10-16H2,1-4H3,(H2,23,24,25);1H. The molecule has 2 fully saturated rings. The predicted octanol–water partition coefficient (Wildman–Crippen LogP) is 3.18. The predicted molar refractivity (Wildman–Crippen MR) is 135 cm³/mol. The fourth-order valence-corrected chi connectivity index (χ4v) is 5.43. The van der Waals surface area contributed by atoms with Crippen LogP contribution in [0.25, 0.3) is 0 Å². The number of hydrogen-bond donors (Lipinski definition) is 2. The van der Waals surface area contributed by atoms with Gasteiger partial charge in [-0.1, -0.05) is 30.3 Å². The molecule has 2 unspecified atom stereocenters. The first-order valence-corrected chi connectivity index (χ1v) is 12.3. The second kappa shape index (κ2) is 10.6. The van der Waals surface area contributed by atoms with Crippen molar-refractivity contribution in [1.29, 1.82) is 0 Å². The summed E-state index contributed by atoms with van der Waals surface area (Å²) in [5.74, 6) is 0.813. The molecule has 0 spiro atoms. The van der Waals surface area contributed by atoms with Gasteiger partial charge in [-0.15, -0.1) is 24.0 Å². The quantitative estimate of drug-likeness (QED) is 0.325. The van der Waals surface area contributed by atoms with Gasteiger partial charge in [-0.25, -0.2) is 8.42 Å². The number of nitrogens with zero attached hydrogens (tertiary/aromatic N) is 2. The van der Waals surface area contributed by atoms with E-state index in [1.807, 2.05) is 0 Å². The van der Waals surface area contributed by atoms with Gasteiger partial charge in [0.05, 0.1) is 10.5 Å². The average molecular weight is 549 g/mol. The van der Waals surface area contributed by atoms with Crippen molar-refractivity contribution in [3.05, 3.63) is 35.9 Å². The van der Waals surface area contributed by atoms with Crippen molar-refractivity contribution in [2.75, 3.05) is 19.3 Å². The highest BCUT2D eigenvalue weighted by Crippen LogP contribution is 2.36. The van der Waals surface area contributed by atoms with Crippen LogP contribution in [0.5, 0.6) is 0 Å². The molecule has 2 atom stereocenters. The van der Waals surface area contributed by atoms with Gasteiger partial charge in [0.1, 0.15) is 0 Å². The summed E-state index contributed by atoms with van der Waals surface area (Å²) in [7, 11) is -1.39. The molecule has 170 valence electrons. The highest BCUT2D eigenvalue weighted by Gasteiger charge is 2.40. The minimum absolute atomic E-state index is 0. The Hall–Kier alpha value is -0.870. The lowest BCUT2D eigenvalue weighted by atomic mass is 9.96. The van der Waals surface area contributed by atoms with E-state index in [0.717, 1.165) is 19.4 Å². The molecule has 1 aromatic carbocycles. The molecule has 30 heavy (non-hydrogen) atoms. The van der Waals surface area contributed by atoms with Gasteiger partial charge in [-0.05, 0) is 52.0 Å². The molecule has 0 aliphatic carbocycles. The van der Waals surface area contributed by atoms with Gasteiger partial charge in [0, 0.05) is 38.3 Å². The summed E-state index contributed by atoms with van der Waals surface area (Å²) >= 11 is 0. The van der Waals surface area contributed by atoms with E-state index < -0.39 is 14.6 Å². The van der Waals surface area contributed by atoms with Crippen molar-refractivity contribution in [2.45, 2.75) is 75.9 Å². The summed E-state index contributed by atoms with van der Waals surface area (Å²) < 4.78 is 23.8. The number of guanidine groups is 1. The summed E-state index contributed by atoms with van der Waals surface area (Å²) in [6.45, 7) is 6.64. The molecule has 6 nitrogen and oxygen atoms in total. The number of halogens is 1. The molecule has 1 aromatic rings. The van der Waals surface area contributed by atoms with Crippen LogP contribution in [-0.2, 0) is 16.4 Å². The largest absolute Gasteiger partial charge is 0.355 e. The molecule has 2 N–H and O–H groups in total. The normalized spacial score (nSPS) is 24.9. The maximum absolute atomic E-state index is 12.3. The third-order valence-corrected chi connectivity index (χ3v) is 8.86. The zero-order chi connectivity index (χ0) is 21.1. The summed E-state index contributed by atoms with van der Waals surface area (Å²) in [6, 6.07) is 12.3. The highest BCUT2D eigenvalue weighted by molar-refractivity contribution is 14.0. The van der Waals surface area contributed by atoms with Crippen molar-refractivity contribution >= 4 is 39.8 Å². The maximum atomic E-state index is 12.3. The van der Waals surface area contributed by atoms with E-state index >= 15 is 0 Å². The van der Waals surface area contributed by atoms with E-state index in [2.05, 4.69) is 50.9 Å². The summed E-state index contributed by atoms with van der Waals surface area (Å²) in [5, 5.41) is 6.73. The van der Waals surface area contributed by atoms with Crippen LogP contribution < -0.4 is 10.6 Å². The summed E-state index contributed by atoms with van der Waals surface area (Å²) in [4.78, 5) is 6.97. The topological polar surface area (TPSA) is 73.8 Å². The second-order valence-electron chi connectivity index (χ2n) is 9.29. The Bertz CT molecular complexity index is 794. The lowest BCUT2D eigenvalue weighted by molar-refractivity contribution is 0.114. The minimum atomic E-state index is -3.13. The number of sulfone groups is 1. The third kappa shape index (κ3) is 6.32. The van der Waals surface area contributed by atoms with E-state index in [9.17, 15) is 8.42 Å². The molecule has 2 heterocycles. The van der Waals surface area contributed by atoms with Gasteiger partial charge in [-0.3, -0.25) is 9.89 Å². The van der Waals surface area contributed by atoms with Crippen LogP contribution >= 0.6 is 24.0 Å². The van der Waals surface area contributed by atoms with E-state index in [-0.39, 0.29) is 29.7 Å². The molecule has 0 aromatic heterocycles. The molecule has 2 aliphatic rings. The number of hydrogen-bond acceptors (Lipinski definition) is 4. The van der Waals surface area contributed by atoms with Crippen molar-refractivity contribution in [2.24, 2.45) is 4.99 Å². The Morgan fingerprint density at radius 1 is 1.13 bits per heavy atom. The van der Waals surface area contributed by atoms with Crippen LogP contribution in [0.2, 0.25) is 0 Å². The lowest BCUT2D eigenvalue weighted by Crippen LogP contribution is -2.52. The number of piperidine rings is 1. The monoisotopic (exact) mass is 548 g/mol. The highest BCUT2D eigenvalue weighted by atomic mass is 127. The van der Waals surface area contributed by atoms with Crippen molar-refractivity contribution in [3.63, 3.8) is 0 Å². The Labute approximate surface area is 199 Å². The Morgan fingerprint density at radius 3 is 2.27 bits per heavy atom. The zero-order valence-electron chi connectivity index (χ0n) is 18.6. The second-order valence-corrected chi connectivity index (χ2v) is 12.1. The van der Waals surface area contributed by atoms with Gasteiger partial charge >= 0.3 is 0 Å². The minimum Gasteiger partial charge on any atom is -0.355 e. The number of fused-ring (bicyclic) bond motifs is 2. The lowest BCUT2D eigenvalue weighted by Gasteiger charge is -2.39. The van der Waals surface area contributed by atoms with E-state index in [4.69, 9.17) is 0 Å². The zero-order valence-corrected chi connectivity index (χ0v) is 21.7. The fourth-order valence-electron chi connectivity index (χ4n) is 4.44. The first-order chi connectivity index (χ1) is 13.7. The van der Waals surface area contributed by atoms with Crippen LogP contribution in [0.1, 0.15) is 52.0 Å². The third-order valence-electron chi connectivity index (χ3n) is 6.25. The van der Waals surface area contributed by atoms with Crippen LogP contribution in [0.3, 0.4) is 0 Å². The molecule has 0 radical (unpaired) electrons. The number of benzene rings is 1. The maximum Gasteiger partial charge on any atom is 0.191 e. The van der Waals surface area contributed by atoms with E-state index in [1.165, 1.54) is 18.4 Å². The first kappa shape index (κ1) is 25.4. The Morgan fingerprint density at radius 2 is 1.73 bits per heavy atom. The van der Waals surface area contributed by atoms with E-state index in [0.29, 0.717) is 30.6 Å². The van der Waals surface area contributed by atoms with Gasteiger partial charge in [0.25, 0.3) is 0 Å². The van der Waals surface area contributed by atoms with Gasteiger partial charge in [0.2, 0.25) is 0 Å².